The summed E-state index contributed by atoms with van der Waals surface area (Å²) in [6, 6.07) is 4.99. The predicted octanol–water partition coefficient (Wildman–Crippen LogP) is 2.03. The minimum atomic E-state index is -0.862. The Kier molecular flexibility index (Phi) is 6.52. The lowest BCUT2D eigenvalue weighted by molar-refractivity contribution is -0.137. The number of nitrogens with zero attached hydrogens (tertiary/aromatic N) is 1. The van der Waals surface area contributed by atoms with Crippen molar-refractivity contribution in [2.45, 2.75) is 19.8 Å². The summed E-state index contributed by atoms with van der Waals surface area (Å²) >= 11 is 0. The maximum absolute atomic E-state index is 12.2. The van der Waals surface area contributed by atoms with Crippen molar-refractivity contribution in [1.82, 2.24) is 4.90 Å². The molecule has 6 heteroatoms. The molecule has 6 nitrogen and oxygen atoms in total. The molecule has 0 fully saturated rings. The Morgan fingerprint density at radius 2 is 2.00 bits per heavy atom. The van der Waals surface area contributed by atoms with Crippen molar-refractivity contribution < 1.29 is 24.2 Å². The van der Waals surface area contributed by atoms with Crippen LogP contribution in [0.5, 0.6) is 11.5 Å². The number of hydrogen-bond acceptors (Lipinski definition) is 4. The fraction of sp³-hybridized carbons (Fsp3) is 0.467. The third-order valence-corrected chi connectivity index (χ3v) is 2.94. The Morgan fingerprint density at radius 1 is 1.29 bits per heavy atom. The second-order valence-corrected chi connectivity index (χ2v) is 4.52. The fourth-order valence-electron chi connectivity index (χ4n) is 1.86. The van der Waals surface area contributed by atoms with Gasteiger partial charge in [-0.15, -0.1) is 0 Å². The second-order valence-electron chi connectivity index (χ2n) is 4.52. The summed E-state index contributed by atoms with van der Waals surface area (Å²) in [7, 11) is 3.16. The number of amides is 1. The van der Waals surface area contributed by atoms with Crippen molar-refractivity contribution in [1.29, 1.82) is 0 Å². The molecular weight excluding hydrogens is 274 g/mol. The van der Waals surface area contributed by atoms with Gasteiger partial charge in [-0.2, -0.15) is 0 Å². The van der Waals surface area contributed by atoms with Crippen LogP contribution in [0.25, 0.3) is 0 Å². The van der Waals surface area contributed by atoms with Crippen LogP contribution in [0.15, 0.2) is 18.2 Å². The lowest BCUT2D eigenvalue weighted by atomic mass is 10.1. The van der Waals surface area contributed by atoms with Gasteiger partial charge < -0.3 is 19.5 Å². The summed E-state index contributed by atoms with van der Waals surface area (Å²) in [5.74, 6) is 0.0482. The molecule has 1 N–H and O–H groups in total. The van der Waals surface area contributed by atoms with Gasteiger partial charge in [0.2, 0.25) is 0 Å². The Labute approximate surface area is 124 Å². The number of carbonyl (C=O) groups is 2. The average molecular weight is 295 g/mol. The van der Waals surface area contributed by atoms with Crippen LogP contribution < -0.4 is 9.47 Å². The van der Waals surface area contributed by atoms with E-state index in [1.165, 1.54) is 12.0 Å². The third-order valence-electron chi connectivity index (χ3n) is 2.94. The molecule has 0 aliphatic heterocycles. The molecule has 21 heavy (non-hydrogen) atoms. The van der Waals surface area contributed by atoms with Crippen LogP contribution in [-0.4, -0.2) is 49.2 Å². The number of hydrogen-bond donors (Lipinski definition) is 1. The molecule has 0 atom stereocenters. The molecule has 0 heterocycles. The van der Waals surface area contributed by atoms with Crippen LogP contribution in [0, 0.1) is 0 Å². The summed E-state index contributed by atoms with van der Waals surface area (Å²) in [6.07, 6.45) is 0.468. The Bertz CT molecular complexity index is 501. The van der Waals surface area contributed by atoms with Gasteiger partial charge in [-0.25, -0.2) is 0 Å². The highest BCUT2D eigenvalue weighted by atomic mass is 16.5. The number of carboxylic acids is 1. The van der Waals surface area contributed by atoms with Gasteiger partial charge in [0.1, 0.15) is 0 Å². The van der Waals surface area contributed by atoms with Gasteiger partial charge in [0.15, 0.2) is 11.5 Å². The maximum atomic E-state index is 12.2. The molecule has 0 radical (unpaired) electrons. The first-order valence-electron chi connectivity index (χ1n) is 6.77. The zero-order chi connectivity index (χ0) is 15.8. The van der Waals surface area contributed by atoms with E-state index in [0.717, 1.165) is 0 Å². The number of rotatable bonds is 8. The molecule has 1 aromatic rings. The topological polar surface area (TPSA) is 76.1 Å². The molecule has 116 valence electrons. The summed E-state index contributed by atoms with van der Waals surface area (Å²) in [6.45, 7) is 2.77. The van der Waals surface area contributed by atoms with Crippen molar-refractivity contribution >= 4 is 11.9 Å². The lowest BCUT2D eigenvalue weighted by Crippen LogP contribution is -2.28. The SMILES string of the molecule is CCOc1ccc(C(=O)N(C)CCCC(=O)O)cc1OC. The van der Waals surface area contributed by atoms with Crippen molar-refractivity contribution in [3.63, 3.8) is 0 Å². The van der Waals surface area contributed by atoms with Crippen LogP contribution in [0.4, 0.5) is 0 Å². The van der Waals surface area contributed by atoms with Crippen LogP contribution in [-0.2, 0) is 4.79 Å². The molecule has 1 aromatic carbocycles. The number of methoxy groups -OCH3 is 1. The molecule has 0 aromatic heterocycles. The van der Waals surface area contributed by atoms with E-state index in [1.807, 2.05) is 6.92 Å². The molecule has 1 rings (SSSR count). The molecule has 0 bridgehead atoms. The van der Waals surface area contributed by atoms with Crippen molar-refractivity contribution in [3.05, 3.63) is 23.8 Å². The minimum Gasteiger partial charge on any atom is -0.493 e. The lowest BCUT2D eigenvalue weighted by Gasteiger charge is -2.18. The molecule has 0 aliphatic carbocycles. The highest BCUT2D eigenvalue weighted by Gasteiger charge is 2.15. The van der Waals surface area contributed by atoms with Crippen LogP contribution in [0.1, 0.15) is 30.1 Å². The summed E-state index contributed by atoms with van der Waals surface area (Å²) in [5, 5.41) is 8.60. The van der Waals surface area contributed by atoms with E-state index in [4.69, 9.17) is 14.6 Å². The van der Waals surface area contributed by atoms with E-state index >= 15 is 0 Å². The Balaban J connectivity index is 2.75. The number of benzene rings is 1. The van der Waals surface area contributed by atoms with E-state index < -0.39 is 5.97 Å². The second kappa shape index (κ2) is 8.14. The number of aliphatic carboxylic acids is 1. The highest BCUT2D eigenvalue weighted by Crippen LogP contribution is 2.28. The summed E-state index contributed by atoms with van der Waals surface area (Å²) < 4.78 is 10.6. The molecular formula is C15H21NO5. The predicted molar refractivity (Wildman–Crippen MR) is 78.0 cm³/mol. The average Bonchev–Trinajstić information content (AvgIpc) is 2.46. The fourth-order valence-corrected chi connectivity index (χ4v) is 1.86. The zero-order valence-electron chi connectivity index (χ0n) is 12.6. The van der Waals surface area contributed by atoms with Gasteiger partial charge in [-0.1, -0.05) is 0 Å². The number of carbonyl (C=O) groups excluding carboxylic acids is 1. The Hall–Kier alpha value is -2.24. The zero-order valence-corrected chi connectivity index (χ0v) is 12.6. The first-order valence-corrected chi connectivity index (χ1v) is 6.77. The van der Waals surface area contributed by atoms with Crippen LogP contribution in [0.2, 0.25) is 0 Å². The van der Waals surface area contributed by atoms with Gasteiger partial charge >= 0.3 is 5.97 Å². The first-order chi connectivity index (χ1) is 9.99. The molecule has 0 aliphatic rings. The van der Waals surface area contributed by atoms with Gasteiger partial charge in [0.05, 0.1) is 13.7 Å². The highest BCUT2D eigenvalue weighted by molar-refractivity contribution is 5.94. The largest absolute Gasteiger partial charge is 0.493 e. The van der Waals surface area contributed by atoms with E-state index in [0.29, 0.717) is 36.6 Å². The third kappa shape index (κ3) is 4.98. The quantitative estimate of drug-likeness (QED) is 0.794. The Morgan fingerprint density at radius 3 is 2.57 bits per heavy atom. The van der Waals surface area contributed by atoms with Gasteiger partial charge in [0.25, 0.3) is 5.91 Å². The monoisotopic (exact) mass is 295 g/mol. The van der Waals surface area contributed by atoms with E-state index in [9.17, 15) is 9.59 Å². The maximum Gasteiger partial charge on any atom is 0.303 e. The number of ether oxygens (including phenoxy) is 2. The van der Waals surface area contributed by atoms with E-state index in [1.54, 1.807) is 25.2 Å². The normalized spacial score (nSPS) is 10.0. The molecule has 0 saturated carbocycles. The van der Waals surface area contributed by atoms with E-state index in [-0.39, 0.29) is 12.3 Å². The van der Waals surface area contributed by atoms with Gasteiger partial charge in [0, 0.05) is 25.6 Å². The minimum absolute atomic E-state index is 0.0459. The van der Waals surface area contributed by atoms with E-state index in [2.05, 4.69) is 0 Å². The first kappa shape index (κ1) is 16.8. The number of carboxylic acid groups (broad SMARTS) is 1. The van der Waals surface area contributed by atoms with Gasteiger partial charge in [-0.05, 0) is 31.5 Å². The van der Waals surface area contributed by atoms with Crippen molar-refractivity contribution in [2.24, 2.45) is 0 Å². The summed E-state index contributed by atoms with van der Waals surface area (Å²) in [4.78, 5) is 24.2. The smallest absolute Gasteiger partial charge is 0.303 e. The van der Waals surface area contributed by atoms with Crippen LogP contribution >= 0.6 is 0 Å². The molecule has 0 unspecified atom stereocenters. The van der Waals surface area contributed by atoms with Crippen molar-refractivity contribution in [2.75, 3.05) is 27.3 Å². The summed E-state index contributed by atoms with van der Waals surface area (Å²) in [5.41, 5.74) is 0.480. The molecule has 1 amide bonds. The standard InChI is InChI=1S/C15H21NO5/c1-4-21-12-8-7-11(10-13(12)20-3)15(19)16(2)9-5-6-14(17)18/h7-8,10H,4-6,9H2,1-3H3,(H,17,18). The molecule has 0 spiro atoms. The molecule has 0 saturated heterocycles. The van der Waals surface area contributed by atoms with Crippen molar-refractivity contribution in [3.8, 4) is 11.5 Å². The van der Waals surface area contributed by atoms with Gasteiger partial charge in [-0.3, -0.25) is 9.59 Å². The van der Waals surface area contributed by atoms with Crippen LogP contribution in [0.3, 0.4) is 0 Å².